The lowest BCUT2D eigenvalue weighted by Crippen LogP contribution is -2.13. The number of anilines is 1. The van der Waals surface area contributed by atoms with E-state index in [1.165, 1.54) is 7.11 Å². The number of allylic oxidation sites excluding steroid dienone is 1. The number of ketones is 1. The fourth-order valence-corrected chi connectivity index (χ4v) is 3.48. The highest BCUT2D eigenvalue weighted by atomic mass is 16.5. The summed E-state index contributed by atoms with van der Waals surface area (Å²) in [6, 6.07) is 19.6. The van der Waals surface area contributed by atoms with Gasteiger partial charge in [-0.25, -0.2) is 4.79 Å². The van der Waals surface area contributed by atoms with Crippen LogP contribution < -0.4 is 10.1 Å². The Kier molecular flexibility index (Phi) is 8.38. The molecular weight excluding hydrogens is 418 g/mol. The van der Waals surface area contributed by atoms with Crippen molar-refractivity contribution in [3.05, 3.63) is 107 Å². The van der Waals surface area contributed by atoms with E-state index in [1.807, 2.05) is 36.4 Å². The van der Waals surface area contributed by atoms with E-state index in [2.05, 4.69) is 11.9 Å². The van der Waals surface area contributed by atoms with Crippen LogP contribution in [0.2, 0.25) is 0 Å². The minimum Gasteiger partial charge on any atom is -0.496 e. The zero-order valence-electron chi connectivity index (χ0n) is 18.5. The maximum atomic E-state index is 13.3. The number of methoxy groups -OCH3 is 1. The van der Waals surface area contributed by atoms with Crippen LogP contribution in [0.5, 0.6) is 5.75 Å². The van der Waals surface area contributed by atoms with Gasteiger partial charge in [-0.05, 0) is 59.9 Å². The summed E-state index contributed by atoms with van der Waals surface area (Å²) in [5.41, 5.74) is 3.95. The molecule has 0 aliphatic rings. The molecule has 0 aliphatic carbocycles. The molecule has 33 heavy (non-hydrogen) atoms. The van der Waals surface area contributed by atoms with E-state index in [-0.39, 0.29) is 19.0 Å². The molecule has 0 atom stereocenters. The summed E-state index contributed by atoms with van der Waals surface area (Å²) in [6.07, 6.45) is 2.14. The van der Waals surface area contributed by atoms with Crippen molar-refractivity contribution >= 4 is 17.6 Å². The first-order valence-electron chi connectivity index (χ1n) is 10.6. The normalized spacial score (nSPS) is 10.4. The van der Waals surface area contributed by atoms with Gasteiger partial charge in [0.1, 0.15) is 12.4 Å². The van der Waals surface area contributed by atoms with Gasteiger partial charge in [0, 0.05) is 17.9 Å². The molecule has 1 amide bonds. The van der Waals surface area contributed by atoms with Gasteiger partial charge in [-0.15, -0.1) is 6.58 Å². The average molecular weight is 446 g/mol. The molecule has 0 fully saturated rings. The largest absolute Gasteiger partial charge is 0.496 e. The van der Waals surface area contributed by atoms with Gasteiger partial charge in [0.2, 0.25) is 0 Å². The molecule has 3 aromatic rings. The summed E-state index contributed by atoms with van der Waals surface area (Å²) in [6.45, 7) is 3.92. The predicted molar refractivity (Wildman–Crippen MR) is 128 cm³/mol. The molecular formula is C27H27NO5. The van der Waals surface area contributed by atoms with Gasteiger partial charge < -0.3 is 14.6 Å². The summed E-state index contributed by atoms with van der Waals surface area (Å²) < 4.78 is 10.8. The van der Waals surface area contributed by atoms with Gasteiger partial charge in [0.15, 0.2) is 5.78 Å². The number of carbonyl (C=O) groups is 2. The molecule has 3 aromatic carbocycles. The molecule has 6 nitrogen and oxygen atoms in total. The highest BCUT2D eigenvalue weighted by Gasteiger charge is 2.19. The smallest absolute Gasteiger partial charge is 0.411 e. The molecule has 0 aliphatic heterocycles. The van der Waals surface area contributed by atoms with Gasteiger partial charge in [0.05, 0.1) is 12.7 Å². The Hall–Kier alpha value is -3.90. The first kappa shape index (κ1) is 23.8. The Morgan fingerprint density at radius 2 is 1.76 bits per heavy atom. The third-order valence-electron chi connectivity index (χ3n) is 5.05. The summed E-state index contributed by atoms with van der Waals surface area (Å²) >= 11 is 0. The van der Waals surface area contributed by atoms with Gasteiger partial charge in [0.25, 0.3) is 0 Å². The lowest BCUT2D eigenvalue weighted by Gasteiger charge is -2.15. The van der Waals surface area contributed by atoms with Gasteiger partial charge >= 0.3 is 6.09 Å². The molecule has 0 bridgehead atoms. The second-order valence-corrected chi connectivity index (χ2v) is 7.40. The molecule has 0 unspecified atom stereocenters. The molecule has 0 saturated heterocycles. The van der Waals surface area contributed by atoms with E-state index >= 15 is 0 Å². The van der Waals surface area contributed by atoms with Crippen LogP contribution in [-0.2, 0) is 24.2 Å². The summed E-state index contributed by atoms with van der Waals surface area (Å²) in [4.78, 5) is 25.3. The highest BCUT2D eigenvalue weighted by Crippen LogP contribution is 2.29. The predicted octanol–water partition coefficient (Wildman–Crippen LogP) is 4.94. The summed E-state index contributed by atoms with van der Waals surface area (Å²) in [5.74, 6) is 0.281. The van der Waals surface area contributed by atoms with Crippen LogP contribution in [0, 0.1) is 0 Å². The van der Waals surface area contributed by atoms with Crippen molar-refractivity contribution in [2.45, 2.75) is 19.4 Å². The van der Waals surface area contributed by atoms with Crippen LogP contribution in [0.1, 0.15) is 32.6 Å². The minimum absolute atomic E-state index is 0.0196. The fourth-order valence-electron chi connectivity index (χ4n) is 3.48. The van der Waals surface area contributed by atoms with Crippen LogP contribution in [-0.4, -0.2) is 30.7 Å². The van der Waals surface area contributed by atoms with Gasteiger partial charge in [-0.3, -0.25) is 10.1 Å². The quantitative estimate of drug-likeness (QED) is 0.341. The first-order chi connectivity index (χ1) is 16.0. The topological polar surface area (TPSA) is 84.9 Å². The average Bonchev–Trinajstić information content (AvgIpc) is 2.83. The number of benzene rings is 3. The molecule has 170 valence electrons. The van der Waals surface area contributed by atoms with E-state index < -0.39 is 6.09 Å². The van der Waals surface area contributed by atoms with Gasteiger partial charge in [-0.1, -0.05) is 42.5 Å². The molecule has 0 saturated carbocycles. The van der Waals surface area contributed by atoms with Crippen molar-refractivity contribution in [2.24, 2.45) is 0 Å². The van der Waals surface area contributed by atoms with E-state index in [0.717, 1.165) is 16.7 Å². The number of ether oxygens (including phenoxy) is 2. The number of nitrogens with one attached hydrogen (secondary N) is 1. The molecule has 2 N–H and O–H groups in total. The van der Waals surface area contributed by atoms with Crippen LogP contribution in [0.15, 0.2) is 79.4 Å². The Morgan fingerprint density at radius 1 is 1.03 bits per heavy atom. The lowest BCUT2D eigenvalue weighted by atomic mass is 9.94. The van der Waals surface area contributed by atoms with Crippen LogP contribution in [0.25, 0.3) is 0 Å². The molecule has 0 radical (unpaired) electrons. The summed E-state index contributed by atoms with van der Waals surface area (Å²) in [7, 11) is 1.53. The number of aliphatic hydroxyl groups is 1. The standard InChI is InChI=1S/C27H27NO5/c1-3-7-22-16-20(14-15-29)17-24(26(22)32-2)25(30)21-10-12-23(13-11-21)28-27(31)33-18-19-8-5-4-6-9-19/h3-6,8-13,16-17,29H,1,7,14-15,18H2,2H3,(H,28,31). The van der Waals surface area contributed by atoms with Crippen LogP contribution in [0.3, 0.4) is 0 Å². The number of aliphatic hydroxyl groups excluding tert-OH is 1. The van der Waals surface area contributed by atoms with Crippen molar-refractivity contribution in [2.75, 3.05) is 19.0 Å². The number of amides is 1. The molecule has 6 heteroatoms. The monoisotopic (exact) mass is 445 g/mol. The van der Waals surface area contributed by atoms with E-state index in [1.54, 1.807) is 36.4 Å². The first-order valence-corrected chi connectivity index (χ1v) is 10.6. The third kappa shape index (κ3) is 6.30. The van der Waals surface area contributed by atoms with E-state index in [9.17, 15) is 14.7 Å². The van der Waals surface area contributed by atoms with Crippen LogP contribution in [0.4, 0.5) is 10.5 Å². The Bertz CT molecular complexity index is 1110. The Morgan fingerprint density at radius 3 is 2.39 bits per heavy atom. The number of carbonyl (C=O) groups excluding carboxylic acids is 2. The van der Waals surface area contributed by atoms with E-state index in [0.29, 0.717) is 35.4 Å². The van der Waals surface area contributed by atoms with Gasteiger partial charge in [-0.2, -0.15) is 0 Å². The van der Waals surface area contributed by atoms with Crippen molar-refractivity contribution in [1.29, 1.82) is 0 Å². The molecule has 0 aromatic heterocycles. The number of rotatable bonds is 10. The van der Waals surface area contributed by atoms with Crippen molar-refractivity contribution in [3.63, 3.8) is 0 Å². The highest BCUT2D eigenvalue weighted by molar-refractivity contribution is 6.11. The lowest BCUT2D eigenvalue weighted by molar-refractivity contribution is 0.103. The molecule has 3 rings (SSSR count). The Balaban J connectivity index is 1.74. The Labute approximate surface area is 193 Å². The maximum Gasteiger partial charge on any atom is 0.411 e. The number of hydrogen-bond donors (Lipinski definition) is 2. The molecule has 0 spiro atoms. The second kappa shape index (κ2) is 11.6. The zero-order valence-corrected chi connectivity index (χ0v) is 18.5. The minimum atomic E-state index is -0.578. The number of hydrogen-bond acceptors (Lipinski definition) is 5. The van der Waals surface area contributed by atoms with Crippen molar-refractivity contribution < 1.29 is 24.2 Å². The maximum absolute atomic E-state index is 13.3. The van der Waals surface area contributed by atoms with Crippen molar-refractivity contribution in [1.82, 2.24) is 0 Å². The van der Waals surface area contributed by atoms with Crippen molar-refractivity contribution in [3.8, 4) is 5.75 Å². The molecule has 0 heterocycles. The second-order valence-electron chi connectivity index (χ2n) is 7.40. The zero-order chi connectivity index (χ0) is 23.6. The SMILES string of the molecule is C=CCc1cc(CCO)cc(C(=O)c2ccc(NC(=O)OCc3ccccc3)cc2)c1OC. The van der Waals surface area contributed by atoms with Crippen LogP contribution >= 0.6 is 0 Å². The third-order valence-corrected chi connectivity index (χ3v) is 5.05. The fraction of sp³-hybridized carbons (Fsp3) is 0.185. The van der Waals surface area contributed by atoms with E-state index in [4.69, 9.17) is 9.47 Å². The summed E-state index contributed by atoms with van der Waals surface area (Å²) in [5, 5.41) is 12.0.